The Bertz CT molecular complexity index is 1020. The summed E-state index contributed by atoms with van der Waals surface area (Å²) < 4.78 is 2.21. The summed E-state index contributed by atoms with van der Waals surface area (Å²) in [6, 6.07) is 4.16. The van der Waals surface area contributed by atoms with Crippen molar-refractivity contribution in [2.24, 2.45) is 7.05 Å². The van der Waals surface area contributed by atoms with Crippen LogP contribution < -0.4 is 5.56 Å². The summed E-state index contributed by atoms with van der Waals surface area (Å²) in [6.07, 6.45) is 1.84. The van der Waals surface area contributed by atoms with Gasteiger partial charge in [0.1, 0.15) is 4.70 Å². The summed E-state index contributed by atoms with van der Waals surface area (Å²) >= 11 is 4.53. The molecule has 0 bridgehead atoms. The van der Waals surface area contributed by atoms with Gasteiger partial charge in [-0.15, -0.1) is 22.7 Å². The highest BCUT2D eigenvalue weighted by atomic mass is 32.2. The molecule has 1 amide bonds. The number of hydrogen-bond acceptors (Lipinski definition) is 6. The Morgan fingerprint density at radius 2 is 2.15 bits per heavy atom. The fourth-order valence-corrected chi connectivity index (χ4v) is 6.03. The summed E-state index contributed by atoms with van der Waals surface area (Å²) in [5.41, 5.74) is 1.96. The Labute approximate surface area is 163 Å². The Hall–Kier alpha value is -1.64. The van der Waals surface area contributed by atoms with Gasteiger partial charge in [-0.1, -0.05) is 18.7 Å². The minimum atomic E-state index is -0.0488. The maximum absolute atomic E-state index is 12.9. The Balaban J connectivity index is 1.53. The number of carbonyl (C=O) groups excluding carboxylic acids is 1. The third-order valence-electron chi connectivity index (χ3n) is 4.77. The lowest BCUT2D eigenvalue weighted by Crippen LogP contribution is -2.40. The van der Waals surface area contributed by atoms with Gasteiger partial charge in [-0.25, -0.2) is 4.98 Å². The van der Waals surface area contributed by atoms with E-state index in [4.69, 9.17) is 0 Å². The molecular weight excluding hydrogens is 386 g/mol. The highest BCUT2D eigenvalue weighted by Gasteiger charge is 2.30. The summed E-state index contributed by atoms with van der Waals surface area (Å²) in [5, 5.41) is 4.58. The average molecular weight is 406 g/mol. The molecular formula is C18H19N3O2S3. The molecule has 0 aliphatic carbocycles. The summed E-state index contributed by atoms with van der Waals surface area (Å²) in [4.78, 5) is 33.2. The highest BCUT2D eigenvalue weighted by Crippen LogP contribution is 2.35. The third-order valence-corrected chi connectivity index (χ3v) is 7.68. The summed E-state index contributed by atoms with van der Waals surface area (Å²) in [6.45, 7) is 2.89. The lowest BCUT2D eigenvalue weighted by Gasteiger charge is -2.35. The second kappa shape index (κ2) is 7.17. The number of thiophene rings is 2. The predicted molar refractivity (Wildman–Crippen MR) is 108 cm³/mol. The predicted octanol–water partition coefficient (Wildman–Crippen LogP) is 3.68. The van der Waals surface area contributed by atoms with Crippen LogP contribution in [0.15, 0.2) is 32.8 Å². The number of carbonyl (C=O) groups is 1. The number of fused-ring (bicyclic) bond motifs is 2. The summed E-state index contributed by atoms with van der Waals surface area (Å²) in [7, 11) is 1.72. The maximum Gasteiger partial charge on any atom is 0.271 e. The molecule has 0 N–H and O–H groups in total. The second-order valence-electron chi connectivity index (χ2n) is 6.24. The van der Waals surface area contributed by atoms with E-state index in [0.29, 0.717) is 21.1 Å². The first-order chi connectivity index (χ1) is 12.6. The molecule has 1 atom stereocenters. The normalized spacial score (nSPS) is 16.8. The van der Waals surface area contributed by atoms with Crippen molar-refractivity contribution in [1.82, 2.24) is 14.5 Å². The molecule has 0 radical (unpaired) electrons. The van der Waals surface area contributed by atoms with Crippen molar-refractivity contribution in [1.29, 1.82) is 0 Å². The van der Waals surface area contributed by atoms with E-state index in [-0.39, 0.29) is 17.5 Å². The van der Waals surface area contributed by atoms with Crippen molar-refractivity contribution in [2.45, 2.75) is 31.0 Å². The van der Waals surface area contributed by atoms with Gasteiger partial charge in [0.25, 0.3) is 5.56 Å². The van der Waals surface area contributed by atoms with Crippen molar-refractivity contribution >= 4 is 50.6 Å². The lowest BCUT2D eigenvalue weighted by molar-refractivity contribution is -0.131. The van der Waals surface area contributed by atoms with Crippen molar-refractivity contribution in [3.63, 3.8) is 0 Å². The van der Waals surface area contributed by atoms with Crippen LogP contribution in [0.4, 0.5) is 0 Å². The Kier molecular flexibility index (Phi) is 4.90. The molecule has 1 aliphatic rings. The Morgan fingerprint density at radius 3 is 2.96 bits per heavy atom. The van der Waals surface area contributed by atoms with Gasteiger partial charge >= 0.3 is 0 Å². The smallest absolute Gasteiger partial charge is 0.271 e. The van der Waals surface area contributed by atoms with E-state index in [2.05, 4.69) is 23.4 Å². The van der Waals surface area contributed by atoms with Gasteiger partial charge in [0.15, 0.2) is 5.16 Å². The van der Waals surface area contributed by atoms with Crippen molar-refractivity contribution in [3.8, 4) is 0 Å². The molecule has 0 aromatic carbocycles. The molecule has 136 valence electrons. The van der Waals surface area contributed by atoms with Crippen LogP contribution in [0, 0.1) is 0 Å². The van der Waals surface area contributed by atoms with Gasteiger partial charge in [-0.05, 0) is 41.3 Å². The number of aromatic nitrogens is 2. The molecule has 26 heavy (non-hydrogen) atoms. The molecule has 4 heterocycles. The largest absolute Gasteiger partial charge is 0.335 e. The lowest BCUT2D eigenvalue weighted by atomic mass is 9.98. The van der Waals surface area contributed by atoms with Gasteiger partial charge in [0, 0.05) is 18.5 Å². The van der Waals surface area contributed by atoms with Gasteiger partial charge in [0.05, 0.1) is 17.3 Å². The van der Waals surface area contributed by atoms with Gasteiger partial charge in [0.2, 0.25) is 5.91 Å². The summed E-state index contributed by atoms with van der Waals surface area (Å²) in [5.74, 6) is 0.407. The molecule has 3 aromatic rings. The van der Waals surface area contributed by atoms with Gasteiger partial charge in [-0.2, -0.15) is 0 Å². The second-order valence-corrected chi connectivity index (χ2v) is 9.10. The molecule has 5 nitrogen and oxygen atoms in total. The van der Waals surface area contributed by atoms with E-state index >= 15 is 0 Å². The van der Waals surface area contributed by atoms with Crippen LogP contribution in [0.1, 0.15) is 29.8 Å². The van der Waals surface area contributed by atoms with E-state index < -0.39 is 0 Å². The topological polar surface area (TPSA) is 55.2 Å². The number of amides is 1. The van der Waals surface area contributed by atoms with Crippen LogP contribution in [-0.2, 0) is 18.3 Å². The average Bonchev–Trinajstić information content (AvgIpc) is 3.31. The van der Waals surface area contributed by atoms with Crippen LogP contribution in [0.5, 0.6) is 0 Å². The van der Waals surface area contributed by atoms with E-state index in [1.807, 2.05) is 16.3 Å². The molecule has 0 spiro atoms. The minimum absolute atomic E-state index is 0.0488. The molecule has 1 unspecified atom stereocenters. The molecule has 0 saturated carbocycles. The van der Waals surface area contributed by atoms with Crippen LogP contribution in [0.3, 0.4) is 0 Å². The van der Waals surface area contributed by atoms with E-state index in [9.17, 15) is 9.59 Å². The molecule has 3 aromatic heterocycles. The number of nitrogens with zero attached hydrogens (tertiary/aromatic N) is 3. The number of rotatable bonds is 4. The molecule has 0 fully saturated rings. The van der Waals surface area contributed by atoms with Crippen LogP contribution in [0.25, 0.3) is 10.2 Å². The van der Waals surface area contributed by atoms with Crippen molar-refractivity contribution in [3.05, 3.63) is 43.7 Å². The highest BCUT2D eigenvalue weighted by molar-refractivity contribution is 7.99. The van der Waals surface area contributed by atoms with Crippen LogP contribution in [0.2, 0.25) is 0 Å². The first-order valence-electron chi connectivity index (χ1n) is 8.53. The first kappa shape index (κ1) is 17.8. The monoisotopic (exact) mass is 405 g/mol. The number of thioether (sulfide) groups is 1. The van der Waals surface area contributed by atoms with Crippen LogP contribution >= 0.6 is 34.4 Å². The van der Waals surface area contributed by atoms with E-state index in [0.717, 1.165) is 19.4 Å². The van der Waals surface area contributed by atoms with Gasteiger partial charge < -0.3 is 4.90 Å². The zero-order valence-corrected chi connectivity index (χ0v) is 17.0. The fourth-order valence-electron chi connectivity index (χ4n) is 3.44. The molecule has 8 heteroatoms. The quantitative estimate of drug-likeness (QED) is 0.491. The molecule has 0 saturated heterocycles. The number of hydrogen-bond donors (Lipinski definition) is 0. The van der Waals surface area contributed by atoms with E-state index in [1.165, 1.54) is 33.5 Å². The van der Waals surface area contributed by atoms with Crippen LogP contribution in [-0.4, -0.2) is 32.7 Å². The first-order valence-corrected chi connectivity index (χ1v) is 11.3. The molecule has 1 aliphatic heterocycles. The van der Waals surface area contributed by atoms with E-state index in [1.54, 1.807) is 23.0 Å². The Morgan fingerprint density at radius 1 is 1.35 bits per heavy atom. The SMILES string of the molecule is CCC1c2ccsc2CCN1C(=O)CSc1nc2ccsc2c(=O)n1C. The zero-order chi connectivity index (χ0) is 18.3. The third kappa shape index (κ3) is 3.00. The molecule has 4 rings (SSSR count). The standard InChI is InChI=1S/C18H19N3O2S3/c1-3-13-11-5-8-24-14(11)4-7-21(13)15(22)10-26-18-19-12-6-9-25-16(12)17(23)20(18)2/h5-6,8-9,13H,3-4,7,10H2,1-2H3. The zero-order valence-electron chi connectivity index (χ0n) is 14.6. The maximum atomic E-state index is 12.9. The fraction of sp³-hybridized carbons (Fsp3) is 0.389. The van der Waals surface area contributed by atoms with Crippen molar-refractivity contribution < 1.29 is 4.79 Å². The van der Waals surface area contributed by atoms with Crippen molar-refractivity contribution in [2.75, 3.05) is 12.3 Å². The van der Waals surface area contributed by atoms with Gasteiger partial charge in [-0.3, -0.25) is 14.2 Å². The minimum Gasteiger partial charge on any atom is -0.335 e.